The highest BCUT2D eigenvalue weighted by molar-refractivity contribution is 9.10. The second-order valence-corrected chi connectivity index (χ2v) is 6.88. The molecule has 4 heteroatoms. The molecule has 3 rings (SSSR count). The zero-order chi connectivity index (χ0) is 17.6. The topological polar surface area (TPSA) is 34.1 Å². The summed E-state index contributed by atoms with van der Waals surface area (Å²) in [6.45, 7) is 3.73. The Morgan fingerprint density at radius 1 is 1.00 bits per heavy atom. The number of halogens is 1. The maximum Gasteiger partial charge on any atom is 0.221 e. The summed E-state index contributed by atoms with van der Waals surface area (Å²) >= 11 is 3.51. The first-order valence-electron chi connectivity index (χ1n) is 8.21. The summed E-state index contributed by atoms with van der Waals surface area (Å²) < 4.78 is 6.40. The molecule has 0 aliphatic rings. The molecule has 1 heterocycles. The zero-order valence-electron chi connectivity index (χ0n) is 14.4. The standard InChI is InChI=1S/C21H21BrN2O/c1-15-8-9-19(20-11-18(22)14-24-21(20)25-2)17(10-15)13-23-12-16-6-4-3-5-7-16/h3-11,14,23H,12-13H2,1-2H3. The van der Waals surface area contributed by atoms with Crippen molar-refractivity contribution >= 4 is 15.9 Å². The van der Waals surface area contributed by atoms with Crippen molar-refractivity contribution in [3.05, 3.63) is 82.0 Å². The summed E-state index contributed by atoms with van der Waals surface area (Å²) in [5.41, 5.74) is 5.87. The molecule has 25 heavy (non-hydrogen) atoms. The van der Waals surface area contributed by atoms with E-state index in [2.05, 4.69) is 81.7 Å². The van der Waals surface area contributed by atoms with Gasteiger partial charge >= 0.3 is 0 Å². The molecule has 0 fully saturated rings. The first-order valence-corrected chi connectivity index (χ1v) is 9.01. The third-order valence-electron chi connectivity index (χ3n) is 4.05. The number of hydrogen-bond donors (Lipinski definition) is 1. The van der Waals surface area contributed by atoms with Crippen LogP contribution in [0.15, 0.2) is 65.3 Å². The van der Waals surface area contributed by atoms with E-state index in [1.807, 2.05) is 6.07 Å². The third kappa shape index (κ3) is 4.47. The number of aryl methyl sites for hydroxylation is 1. The van der Waals surface area contributed by atoms with Crippen molar-refractivity contribution in [2.24, 2.45) is 0 Å². The first kappa shape index (κ1) is 17.6. The van der Waals surface area contributed by atoms with Crippen LogP contribution in [0.25, 0.3) is 11.1 Å². The number of nitrogens with zero attached hydrogens (tertiary/aromatic N) is 1. The van der Waals surface area contributed by atoms with E-state index in [1.54, 1.807) is 13.3 Å². The molecule has 0 bridgehead atoms. The number of methoxy groups -OCH3 is 1. The lowest BCUT2D eigenvalue weighted by molar-refractivity contribution is 0.399. The van der Waals surface area contributed by atoms with Crippen molar-refractivity contribution in [2.75, 3.05) is 7.11 Å². The lowest BCUT2D eigenvalue weighted by Gasteiger charge is -2.14. The zero-order valence-corrected chi connectivity index (χ0v) is 16.0. The molecule has 128 valence electrons. The Morgan fingerprint density at radius 2 is 1.80 bits per heavy atom. The fraction of sp³-hybridized carbons (Fsp3) is 0.190. The highest BCUT2D eigenvalue weighted by Gasteiger charge is 2.12. The molecular weight excluding hydrogens is 376 g/mol. The summed E-state index contributed by atoms with van der Waals surface area (Å²) in [7, 11) is 1.65. The molecule has 0 unspecified atom stereocenters. The van der Waals surface area contributed by atoms with E-state index in [-0.39, 0.29) is 0 Å². The Bertz CT molecular complexity index is 850. The van der Waals surface area contributed by atoms with E-state index in [0.717, 1.165) is 28.7 Å². The highest BCUT2D eigenvalue weighted by Crippen LogP contribution is 2.33. The van der Waals surface area contributed by atoms with Gasteiger partial charge in [0.15, 0.2) is 0 Å². The summed E-state index contributed by atoms with van der Waals surface area (Å²) in [6, 6.07) is 19.0. The smallest absolute Gasteiger partial charge is 0.221 e. The Morgan fingerprint density at radius 3 is 2.56 bits per heavy atom. The fourth-order valence-electron chi connectivity index (χ4n) is 2.85. The molecule has 0 radical (unpaired) electrons. The molecule has 0 spiro atoms. The number of rotatable bonds is 6. The quantitative estimate of drug-likeness (QED) is 0.627. The van der Waals surface area contributed by atoms with Gasteiger partial charge < -0.3 is 10.1 Å². The first-order chi connectivity index (χ1) is 12.2. The van der Waals surface area contributed by atoms with Crippen molar-refractivity contribution in [3.63, 3.8) is 0 Å². The van der Waals surface area contributed by atoms with Gasteiger partial charge in [-0.2, -0.15) is 0 Å². The average molecular weight is 397 g/mol. The van der Waals surface area contributed by atoms with Crippen LogP contribution in [0.4, 0.5) is 0 Å². The molecule has 0 atom stereocenters. The van der Waals surface area contributed by atoms with Gasteiger partial charge in [-0.05, 0) is 45.6 Å². The molecule has 0 aliphatic heterocycles. The number of hydrogen-bond acceptors (Lipinski definition) is 3. The van der Waals surface area contributed by atoms with Crippen molar-refractivity contribution in [1.29, 1.82) is 0 Å². The van der Waals surface area contributed by atoms with Gasteiger partial charge in [-0.3, -0.25) is 0 Å². The van der Waals surface area contributed by atoms with E-state index in [1.165, 1.54) is 16.7 Å². The molecule has 0 saturated heterocycles. The second-order valence-electron chi connectivity index (χ2n) is 5.96. The van der Waals surface area contributed by atoms with E-state index >= 15 is 0 Å². The second kappa shape index (κ2) is 8.28. The van der Waals surface area contributed by atoms with Crippen LogP contribution in [0.2, 0.25) is 0 Å². The van der Waals surface area contributed by atoms with Gasteiger partial charge in [0.2, 0.25) is 5.88 Å². The number of pyridine rings is 1. The predicted octanol–water partition coefficient (Wildman–Crippen LogP) is 5.12. The van der Waals surface area contributed by atoms with E-state index < -0.39 is 0 Å². The van der Waals surface area contributed by atoms with Crippen molar-refractivity contribution in [1.82, 2.24) is 10.3 Å². The van der Waals surface area contributed by atoms with Crippen LogP contribution in [-0.4, -0.2) is 12.1 Å². The maximum atomic E-state index is 5.46. The SMILES string of the molecule is COc1ncc(Br)cc1-c1ccc(C)cc1CNCc1ccccc1. The minimum absolute atomic E-state index is 0.636. The van der Waals surface area contributed by atoms with Crippen molar-refractivity contribution < 1.29 is 4.74 Å². The van der Waals surface area contributed by atoms with Crippen LogP contribution in [0.1, 0.15) is 16.7 Å². The lowest BCUT2D eigenvalue weighted by Crippen LogP contribution is -2.13. The van der Waals surface area contributed by atoms with Gasteiger partial charge in [0.25, 0.3) is 0 Å². The van der Waals surface area contributed by atoms with Gasteiger partial charge in [-0.25, -0.2) is 4.98 Å². The van der Waals surface area contributed by atoms with Crippen LogP contribution in [-0.2, 0) is 13.1 Å². The Balaban J connectivity index is 1.87. The Hall–Kier alpha value is -2.17. The summed E-state index contributed by atoms with van der Waals surface area (Å²) in [5, 5.41) is 3.53. The minimum Gasteiger partial charge on any atom is -0.481 e. The van der Waals surface area contributed by atoms with Gasteiger partial charge in [-0.1, -0.05) is 54.1 Å². The fourth-order valence-corrected chi connectivity index (χ4v) is 3.18. The van der Waals surface area contributed by atoms with Crippen LogP contribution in [0, 0.1) is 6.92 Å². The number of aromatic nitrogens is 1. The molecule has 1 N–H and O–H groups in total. The van der Waals surface area contributed by atoms with Gasteiger partial charge in [0.05, 0.1) is 7.11 Å². The van der Waals surface area contributed by atoms with Gasteiger partial charge in [-0.15, -0.1) is 0 Å². The van der Waals surface area contributed by atoms with Crippen molar-refractivity contribution in [2.45, 2.75) is 20.0 Å². The predicted molar refractivity (Wildman–Crippen MR) is 106 cm³/mol. The molecule has 3 nitrogen and oxygen atoms in total. The highest BCUT2D eigenvalue weighted by atomic mass is 79.9. The van der Waals surface area contributed by atoms with Gasteiger partial charge in [0.1, 0.15) is 0 Å². The molecule has 3 aromatic rings. The van der Waals surface area contributed by atoms with E-state index in [0.29, 0.717) is 5.88 Å². The van der Waals surface area contributed by atoms with Crippen molar-refractivity contribution in [3.8, 4) is 17.0 Å². The lowest BCUT2D eigenvalue weighted by atomic mass is 9.98. The van der Waals surface area contributed by atoms with Crippen LogP contribution >= 0.6 is 15.9 Å². The Kier molecular flexibility index (Phi) is 5.84. The average Bonchev–Trinajstić information content (AvgIpc) is 2.63. The molecule has 2 aromatic carbocycles. The van der Waals surface area contributed by atoms with Crippen LogP contribution < -0.4 is 10.1 Å². The largest absolute Gasteiger partial charge is 0.481 e. The number of ether oxygens (including phenoxy) is 1. The van der Waals surface area contributed by atoms with E-state index in [4.69, 9.17) is 4.74 Å². The Labute approximate surface area is 157 Å². The molecule has 0 amide bonds. The third-order valence-corrected chi connectivity index (χ3v) is 4.48. The number of nitrogens with one attached hydrogen (secondary N) is 1. The molecule has 0 saturated carbocycles. The summed E-state index contributed by atoms with van der Waals surface area (Å²) in [5.74, 6) is 0.636. The molecule has 0 aliphatic carbocycles. The monoisotopic (exact) mass is 396 g/mol. The molecular formula is C21H21BrN2O. The number of benzene rings is 2. The summed E-state index contributed by atoms with van der Waals surface area (Å²) in [6.07, 6.45) is 1.75. The normalized spacial score (nSPS) is 10.7. The van der Waals surface area contributed by atoms with Crippen LogP contribution in [0.3, 0.4) is 0 Å². The summed E-state index contributed by atoms with van der Waals surface area (Å²) in [4.78, 5) is 4.37. The van der Waals surface area contributed by atoms with Gasteiger partial charge in [0, 0.05) is 29.3 Å². The molecule has 1 aromatic heterocycles. The van der Waals surface area contributed by atoms with Crippen LogP contribution in [0.5, 0.6) is 5.88 Å². The van der Waals surface area contributed by atoms with E-state index in [9.17, 15) is 0 Å². The minimum atomic E-state index is 0.636. The maximum absolute atomic E-state index is 5.46.